The highest BCUT2D eigenvalue weighted by Crippen LogP contribution is 2.22. The minimum Gasteiger partial charge on any atom is -0.368 e. The minimum absolute atomic E-state index is 0.0423. The van der Waals surface area contributed by atoms with E-state index in [9.17, 15) is 17.6 Å². The number of carbonyl (C=O) groups is 1. The Bertz CT molecular complexity index is 1210. The van der Waals surface area contributed by atoms with Gasteiger partial charge in [-0.3, -0.25) is 4.79 Å². The van der Waals surface area contributed by atoms with Gasteiger partial charge in [0, 0.05) is 43.4 Å². The molecule has 1 saturated heterocycles. The number of benzene rings is 3. The molecule has 0 radical (unpaired) electrons. The van der Waals surface area contributed by atoms with Gasteiger partial charge < -0.3 is 9.80 Å². The van der Waals surface area contributed by atoms with Crippen LogP contribution >= 0.6 is 11.6 Å². The number of amides is 1. The first kappa shape index (κ1) is 24.2. The molecular formula is C25H25ClFN3O3S. The normalized spacial score (nSPS) is 14.4. The van der Waals surface area contributed by atoms with Crippen LogP contribution in [0.15, 0.2) is 83.8 Å². The first-order valence-electron chi connectivity index (χ1n) is 10.9. The average molecular weight is 502 g/mol. The fraction of sp³-hybridized carbons (Fsp3) is 0.240. The van der Waals surface area contributed by atoms with E-state index in [0.29, 0.717) is 36.8 Å². The van der Waals surface area contributed by atoms with Gasteiger partial charge in [-0.2, -0.15) is 4.31 Å². The number of hydrogen-bond donors (Lipinski definition) is 0. The van der Waals surface area contributed by atoms with Crippen LogP contribution in [0.3, 0.4) is 0 Å². The summed E-state index contributed by atoms with van der Waals surface area (Å²) in [6, 6.07) is 21.4. The van der Waals surface area contributed by atoms with Crippen LogP contribution in [0.25, 0.3) is 0 Å². The Balaban J connectivity index is 1.50. The molecule has 1 heterocycles. The van der Waals surface area contributed by atoms with E-state index >= 15 is 0 Å². The van der Waals surface area contributed by atoms with Gasteiger partial charge in [0.2, 0.25) is 15.9 Å². The largest absolute Gasteiger partial charge is 0.368 e. The van der Waals surface area contributed by atoms with Gasteiger partial charge in [-0.15, -0.1) is 0 Å². The minimum atomic E-state index is -3.99. The Hall–Kier alpha value is -2.94. The zero-order valence-electron chi connectivity index (χ0n) is 18.5. The van der Waals surface area contributed by atoms with E-state index in [2.05, 4.69) is 4.90 Å². The summed E-state index contributed by atoms with van der Waals surface area (Å²) >= 11 is 5.92. The molecule has 1 fully saturated rings. The van der Waals surface area contributed by atoms with Crippen LogP contribution in [0.1, 0.15) is 5.56 Å². The summed E-state index contributed by atoms with van der Waals surface area (Å²) < 4.78 is 41.3. The van der Waals surface area contributed by atoms with Gasteiger partial charge in [0.05, 0.1) is 11.4 Å². The molecule has 1 amide bonds. The lowest BCUT2D eigenvalue weighted by atomic mass is 10.2. The molecule has 9 heteroatoms. The second kappa shape index (κ2) is 10.5. The molecule has 3 aromatic carbocycles. The van der Waals surface area contributed by atoms with Crippen LogP contribution in [0.4, 0.5) is 10.1 Å². The third kappa shape index (κ3) is 5.75. The van der Waals surface area contributed by atoms with Gasteiger partial charge >= 0.3 is 0 Å². The first-order chi connectivity index (χ1) is 16.3. The molecule has 34 heavy (non-hydrogen) atoms. The monoisotopic (exact) mass is 501 g/mol. The van der Waals surface area contributed by atoms with Crippen molar-refractivity contribution < 1.29 is 17.6 Å². The highest BCUT2D eigenvalue weighted by Gasteiger charge is 2.30. The number of rotatable bonds is 7. The summed E-state index contributed by atoms with van der Waals surface area (Å²) in [4.78, 5) is 17.1. The van der Waals surface area contributed by atoms with Crippen molar-refractivity contribution in [1.82, 2.24) is 9.21 Å². The fourth-order valence-corrected chi connectivity index (χ4v) is 5.38. The van der Waals surface area contributed by atoms with Crippen molar-refractivity contribution in [2.45, 2.75) is 11.4 Å². The Labute approximate surface area is 204 Å². The van der Waals surface area contributed by atoms with E-state index in [4.69, 9.17) is 11.6 Å². The predicted octanol–water partition coefficient (Wildman–Crippen LogP) is 4.02. The van der Waals surface area contributed by atoms with E-state index in [1.54, 1.807) is 4.90 Å². The molecule has 0 spiro atoms. The summed E-state index contributed by atoms with van der Waals surface area (Å²) in [5.74, 6) is -0.685. The van der Waals surface area contributed by atoms with Crippen LogP contribution in [0.5, 0.6) is 0 Å². The van der Waals surface area contributed by atoms with E-state index in [-0.39, 0.29) is 23.9 Å². The lowest BCUT2D eigenvalue weighted by molar-refractivity contribution is -0.131. The van der Waals surface area contributed by atoms with Gasteiger partial charge in [0.15, 0.2) is 0 Å². The van der Waals surface area contributed by atoms with E-state index in [1.807, 2.05) is 30.3 Å². The second-order valence-electron chi connectivity index (χ2n) is 8.06. The lowest BCUT2D eigenvalue weighted by Gasteiger charge is -2.37. The average Bonchev–Trinajstić information content (AvgIpc) is 2.86. The van der Waals surface area contributed by atoms with Crippen molar-refractivity contribution in [3.63, 3.8) is 0 Å². The highest BCUT2D eigenvalue weighted by atomic mass is 35.5. The number of para-hydroxylation sites is 1. The van der Waals surface area contributed by atoms with Crippen molar-refractivity contribution in [3.05, 3.63) is 95.3 Å². The Morgan fingerprint density at radius 1 is 0.882 bits per heavy atom. The summed E-state index contributed by atoms with van der Waals surface area (Å²) in [5, 5.41) is 0.413. The molecule has 6 nitrogen and oxygen atoms in total. The summed E-state index contributed by atoms with van der Waals surface area (Å²) in [7, 11) is -3.99. The second-order valence-corrected chi connectivity index (χ2v) is 10.4. The summed E-state index contributed by atoms with van der Waals surface area (Å²) in [6.45, 7) is 1.96. The summed E-state index contributed by atoms with van der Waals surface area (Å²) in [5.41, 5.74) is 1.68. The predicted molar refractivity (Wildman–Crippen MR) is 131 cm³/mol. The van der Waals surface area contributed by atoms with Gasteiger partial charge in [-0.25, -0.2) is 12.8 Å². The lowest BCUT2D eigenvalue weighted by Crippen LogP contribution is -2.51. The number of halogens is 2. The van der Waals surface area contributed by atoms with Crippen LogP contribution < -0.4 is 4.90 Å². The Morgan fingerprint density at radius 3 is 2.12 bits per heavy atom. The molecule has 178 valence electrons. The van der Waals surface area contributed by atoms with Crippen molar-refractivity contribution in [2.75, 3.05) is 37.6 Å². The van der Waals surface area contributed by atoms with Crippen LogP contribution in [0.2, 0.25) is 5.02 Å². The number of nitrogens with zero attached hydrogens (tertiary/aromatic N) is 3. The topological polar surface area (TPSA) is 60.9 Å². The third-order valence-corrected chi connectivity index (χ3v) is 7.85. The zero-order valence-corrected chi connectivity index (χ0v) is 20.1. The fourth-order valence-electron chi connectivity index (χ4n) is 3.88. The first-order valence-corrected chi connectivity index (χ1v) is 12.7. The van der Waals surface area contributed by atoms with E-state index in [1.165, 1.54) is 48.5 Å². The van der Waals surface area contributed by atoms with Crippen LogP contribution in [0, 0.1) is 5.82 Å². The van der Waals surface area contributed by atoms with E-state index < -0.39 is 15.8 Å². The molecule has 0 saturated carbocycles. The number of anilines is 1. The molecule has 4 rings (SSSR count). The van der Waals surface area contributed by atoms with Crippen LogP contribution in [-0.4, -0.2) is 56.3 Å². The number of carbonyl (C=O) groups excluding carboxylic acids is 1. The van der Waals surface area contributed by atoms with Crippen molar-refractivity contribution in [3.8, 4) is 0 Å². The molecule has 1 aliphatic heterocycles. The van der Waals surface area contributed by atoms with Crippen molar-refractivity contribution in [1.29, 1.82) is 0 Å². The molecule has 0 atom stereocenters. The van der Waals surface area contributed by atoms with Crippen molar-refractivity contribution in [2.24, 2.45) is 0 Å². The number of piperazine rings is 1. The van der Waals surface area contributed by atoms with Gasteiger partial charge in [0.1, 0.15) is 5.82 Å². The standard InChI is InChI=1S/C25H25ClFN3O3S/c26-21-8-12-24(13-9-21)34(32,33)30(18-20-6-10-22(27)11-7-20)19-25(31)29-16-14-28(15-17-29)23-4-2-1-3-5-23/h1-13H,14-19H2. The molecule has 0 unspecified atom stereocenters. The maximum absolute atomic E-state index is 13.4. The molecule has 1 aliphatic rings. The molecular weight excluding hydrogens is 477 g/mol. The zero-order chi connectivity index (χ0) is 24.1. The van der Waals surface area contributed by atoms with Gasteiger partial charge in [-0.1, -0.05) is 41.9 Å². The molecule has 0 aromatic heterocycles. The highest BCUT2D eigenvalue weighted by molar-refractivity contribution is 7.89. The van der Waals surface area contributed by atoms with Gasteiger partial charge in [0.25, 0.3) is 0 Å². The molecule has 0 N–H and O–H groups in total. The Morgan fingerprint density at radius 2 is 1.50 bits per heavy atom. The van der Waals surface area contributed by atoms with Crippen LogP contribution in [-0.2, 0) is 21.4 Å². The van der Waals surface area contributed by atoms with Crippen molar-refractivity contribution >= 4 is 33.2 Å². The number of sulfonamides is 1. The third-order valence-electron chi connectivity index (χ3n) is 5.79. The molecule has 0 bridgehead atoms. The smallest absolute Gasteiger partial charge is 0.243 e. The summed E-state index contributed by atoms with van der Waals surface area (Å²) in [6.07, 6.45) is 0. The molecule has 3 aromatic rings. The maximum atomic E-state index is 13.4. The van der Waals surface area contributed by atoms with Gasteiger partial charge in [-0.05, 0) is 54.1 Å². The molecule has 0 aliphatic carbocycles. The van der Waals surface area contributed by atoms with E-state index in [0.717, 1.165) is 9.99 Å². The number of hydrogen-bond acceptors (Lipinski definition) is 4. The maximum Gasteiger partial charge on any atom is 0.243 e. The Kier molecular flexibility index (Phi) is 7.50. The quantitative estimate of drug-likeness (QED) is 0.490. The SMILES string of the molecule is O=C(CN(Cc1ccc(F)cc1)S(=O)(=O)c1ccc(Cl)cc1)N1CCN(c2ccccc2)CC1.